The smallest absolute Gasteiger partial charge is 0.324 e. The van der Waals surface area contributed by atoms with E-state index >= 15 is 0 Å². The van der Waals surface area contributed by atoms with Crippen LogP contribution in [0.3, 0.4) is 0 Å². The number of carbonyl (C=O) groups is 1. The number of ether oxygens (including phenoxy) is 2. The Hall–Kier alpha value is -0.650. The van der Waals surface area contributed by atoms with E-state index in [-0.39, 0.29) is 18.1 Å². The summed E-state index contributed by atoms with van der Waals surface area (Å²) in [6, 6.07) is -0.167. The fourth-order valence-electron chi connectivity index (χ4n) is 1.89. The molecule has 0 radical (unpaired) electrons. The van der Waals surface area contributed by atoms with E-state index in [0.717, 1.165) is 19.6 Å². The summed E-state index contributed by atoms with van der Waals surface area (Å²) in [6.45, 7) is 10.2. The molecule has 1 fully saturated rings. The van der Waals surface area contributed by atoms with Crippen LogP contribution in [-0.4, -0.2) is 62.4 Å². The first-order valence-electron chi connectivity index (χ1n) is 6.38. The minimum atomic E-state index is -0.167. The van der Waals surface area contributed by atoms with Crippen molar-refractivity contribution in [2.45, 2.75) is 32.9 Å². The van der Waals surface area contributed by atoms with Crippen LogP contribution in [0.1, 0.15) is 20.8 Å². The first kappa shape index (κ1) is 14.4. The fraction of sp³-hybridized carbons (Fsp3) is 0.917. The Morgan fingerprint density at radius 2 is 2.29 bits per heavy atom. The van der Waals surface area contributed by atoms with Gasteiger partial charge in [-0.2, -0.15) is 0 Å². The molecule has 0 bridgehead atoms. The summed E-state index contributed by atoms with van der Waals surface area (Å²) in [5.74, 6) is -0.135. The summed E-state index contributed by atoms with van der Waals surface area (Å²) in [5.41, 5.74) is 0. The highest BCUT2D eigenvalue weighted by Gasteiger charge is 2.29. The van der Waals surface area contributed by atoms with Crippen molar-refractivity contribution in [2.24, 2.45) is 0 Å². The summed E-state index contributed by atoms with van der Waals surface area (Å²) in [5, 5.41) is 3.22. The van der Waals surface area contributed by atoms with Gasteiger partial charge in [-0.1, -0.05) is 0 Å². The third kappa shape index (κ3) is 5.02. The number of hydrogen-bond donors (Lipinski definition) is 1. The number of carbonyl (C=O) groups excluding carboxylic acids is 1. The Bertz CT molecular complexity index is 234. The fourth-order valence-corrected chi connectivity index (χ4v) is 1.89. The average Bonchev–Trinajstić information content (AvgIpc) is 2.29. The molecule has 0 spiro atoms. The normalized spacial score (nSPS) is 21.8. The van der Waals surface area contributed by atoms with E-state index < -0.39 is 0 Å². The summed E-state index contributed by atoms with van der Waals surface area (Å²) in [6.07, 6.45) is 0.235. The molecule has 1 saturated heterocycles. The maximum atomic E-state index is 11.8. The quantitative estimate of drug-likeness (QED) is 0.679. The second kappa shape index (κ2) is 7.63. The number of esters is 1. The molecule has 0 aromatic rings. The van der Waals surface area contributed by atoms with E-state index in [9.17, 15) is 4.79 Å². The molecular weight excluding hydrogens is 220 g/mol. The molecule has 1 atom stereocenters. The van der Waals surface area contributed by atoms with Crippen LogP contribution in [0.15, 0.2) is 0 Å². The molecular formula is C12H24N2O3. The van der Waals surface area contributed by atoms with Crippen molar-refractivity contribution >= 4 is 5.97 Å². The van der Waals surface area contributed by atoms with Crippen molar-refractivity contribution in [3.8, 4) is 0 Å². The molecule has 1 rings (SSSR count). The lowest BCUT2D eigenvalue weighted by molar-refractivity contribution is -0.150. The number of piperazine rings is 1. The van der Waals surface area contributed by atoms with E-state index in [2.05, 4.69) is 10.2 Å². The van der Waals surface area contributed by atoms with Gasteiger partial charge in [-0.25, -0.2) is 0 Å². The van der Waals surface area contributed by atoms with Crippen LogP contribution < -0.4 is 5.32 Å². The second-order valence-corrected chi connectivity index (χ2v) is 4.43. The Balaban J connectivity index is 2.39. The third-order valence-electron chi connectivity index (χ3n) is 2.74. The van der Waals surface area contributed by atoms with Gasteiger partial charge in [0, 0.05) is 26.2 Å². The van der Waals surface area contributed by atoms with Gasteiger partial charge < -0.3 is 14.8 Å². The van der Waals surface area contributed by atoms with Crippen molar-refractivity contribution in [2.75, 3.05) is 39.4 Å². The Morgan fingerprint density at radius 3 is 2.94 bits per heavy atom. The molecule has 1 N–H and O–H groups in total. The van der Waals surface area contributed by atoms with Crippen molar-refractivity contribution < 1.29 is 14.3 Å². The number of nitrogens with one attached hydrogen (secondary N) is 1. The van der Waals surface area contributed by atoms with Gasteiger partial charge in [0.1, 0.15) is 6.04 Å². The molecule has 0 saturated carbocycles. The number of hydrogen-bond acceptors (Lipinski definition) is 5. The van der Waals surface area contributed by atoms with Gasteiger partial charge in [0.2, 0.25) is 0 Å². The van der Waals surface area contributed by atoms with Crippen LogP contribution in [0.2, 0.25) is 0 Å². The van der Waals surface area contributed by atoms with Crippen LogP contribution >= 0.6 is 0 Å². The van der Waals surface area contributed by atoms with E-state index in [1.54, 1.807) is 0 Å². The second-order valence-electron chi connectivity index (χ2n) is 4.43. The average molecular weight is 244 g/mol. The lowest BCUT2D eigenvalue weighted by Gasteiger charge is -2.34. The number of rotatable bonds is 6. The maximum absolute atomic E-state index is 11.8. The first-order valence-corrected chi connectivity index (χ1v) is 6.38. The van der Waals surface area contributed by atoms with Gasteiger partial charge in [-0.15, -0.1) is 0 Å². The van der Waals surface area contributed by atoms with Crippen molar-refractivity contribution in [1.29, 1.82) is 0 Å². The van der Waals surface area contributed by atoms with Crippen LogP contribution in [0.5, 0.6) is 0 Å². The van der Waals surface area contributed by atoms with Gasteiger partial charge in [-0.05, 0) is 20.8 Å². The molecule has 1 heterocycles. The van der Waals surface area contributed by atoms with E-state index in [4.69, 9.17) is 9.47 Å². The minimum Gasteiger partial charge on any atom is -0.465 e. The Morgan fingerprint density at radius 1 is 1.53 bits per heavy atom. The molecule has 100 valence electrons. The zero-order chi connectivity index (χ0) is 12.7. The van der Waals surface area contributed by atoms with E-state index in [1.807, 2.05) is 20.8 Å². The monoisotopic (exact) mass is 244 g/mol. The van der Waals surface area contributed by atoms with Crippen LogP contribution in [0, 0.1) is 0 Å². The molecule has 17 heavy (non-hydrogen) atoms. The lowest BCUT2D eigenvalue weighted by Crippen LogP contribution is -2.56. The van der Waals surface area contributed by atoms with Gasteiger partial charge in [0.05, 0.1) is 19.3 Å². The highest BCUT2D eigenvalue weighted by Crippen LogP contribution is 2.05. The Labute approximate surface area is 103 Å². The van der Waals surface area contributed by atoms with Crippen molar-refractivity contribution in [3.05, 3.63) is 0 Å². The molecule has 1 aliphatic rings. The van der Waals surface area contributed by atoms with Crippen molar-refractivity contribution in [3.63, 3.8) is 0 Å². The maximum Gasteiger partial charge on any atom is 0.324 e. The molecule has 5 nitrogen and oxygen atoms in total. The third-order valence-corrected chi connectivity index (χ3v) is 2.74. The summed E-state index contributed by atoms with van der Waals surface area (Å²) in [7, 11) is 0. The molecule has 0 aromatic heterocycles. The highest BCUT2D eigenvalue weighted by molar-refractivity contribution is 5.76. The largest absolute Gasteiger partial charge is 0.465 e. The predicted octanol–water partition coefficient (Wildman–Crippen LogP) is 0.248. The minimum absolute atomic E-state index is 0.135. The highest BCUT2D eigenvalue weighted by atomic mass is 16.5. The summed E-state index contributed by atoms with van der Waals surface area (Å²) >= 11 is 0. The molecule has 1 aliphatic heterocycles. The molecule has 0 amide bonds. The molecule has 0 aliphatic carbocycles. The summed E-state index contributed by atoms with van der Waals surface area (Å²) < 4.78 is 10.6. The van der Waals surface area contributed by atoms with Crippen molar-refractivity contribution in [1.82, 2.24) is 10.2 Å². The Kier molecular flexibility index (Phi) is 6.47. The lowest BCUT2D eigenvalue weighted by atomic mass is 10.2. The predicted molar refractivity (Wildman–Crippen MR) is 66.0 cm³/mol. The summed E-state index contributed by atoms with van der Waals surface area (Å²) in [4.78, 5) is 13.9. The molecule has 5 heteroatoms. The van der Waals surface area contributed by atoms with Gasteiger partial charge >= 0.3 is 5.97 Å². The first-order chi connectivity index (χ1) is 8.15. The zero-order valence-corrected chi connectivity index (χ0v) is 11.1. The van der Waals surface area contributed by atoms with Crippen LogP contribution in [0.25, 0.3) is 0 Å². The molecule has 1 unspecified atom stereocenters. The van der Waals surface area contributed by atoms with E-state index in [0.29, 0.717) is 19.8 Å². The topological polar surface area (TPSA) is 50.8 Å². The van der Waals surface area contributed by atoms with Gasteiger partial charge in [0.25, 0.3) is 0 Å². The van der Waals surface area contributed by atoms with Gasteiger partial charge in [-0.3, -0.25) is 9.69 Å². The van der Waals surface area contributed by atoms with Crippen LogP contribution in [-0.2, 0) is 14.3 Å². The zero-order valence-electron chi connectivity index (χ0n) is 11.1. The van der Waals surface area contributed by atoms with Gasteiger partial charge in [0.15, 0.2) is 0 Å². The van der Waals surface area contributed by atoms with E-state index in [1.165, 1.54) is 0 Å². The SMILES string of the molecule is CCOC(=O)C1CNCCN1CCOC(C)C. The standard InChI is InChI=1S/C12H24N2O3/c1-4-16-12(15)11-9-13-5-6-14(11)7-8-17-10(2)3/h10-11,13H,4-9H2,1-3H3. The number of nitrogens with zero attached hydrogens (tertiary/aromatic N) is 1. The molecule has 0 aromatic carbocycles. The van der Waals surface area contributed by atoms with Crippen LogP contribution in [0.4, 0.5) is 0 Å².